The molecule has 0 spiro atoms. The third-order valence-corrected chi connectivity index (χ3v) is 4.00. The van der Waals surface area contributed by atoms with E-state index in [4.69, 9.17) is 0 Å². The number of urea groups is 1. The van der Waals surface area contributed by atoms with E-state index in [0.29, 0.717) is 13.1 Å². The molecule has 5 nitrogen and oxygen atoms in total. The summed E-state index contributed by atoms with van der Waals surface area (Å²) in [7, 11) is -2.91. The maximum atomic E-state index is 11.9. The van der Waals surface area contributed by atoms with Gasteiger partial charge in [-0.1, -0.05) is 0 Å². The normalized spacial score (nSPS) is 18.8. The lowest BCUT2D eigenvalue weighted by Gasteiger charge is -2.34. The van der Waals surface area contributed by atoms with E-state index in [-0.39, 0.29) is 23.2 Å². The Bertz CT molecular complexity index is 390. The quantitative estimate of drug-likeness (QED) is 0.825. The van der Waals surface area contributed by atoms with Crippen LogP contribution in [-0.2, 0) is 9.84 Å². The molecule has 0 saturated carbocycles. The van der Waals surface area contributed by atoms with Crippen molar-refractivity contribution in [1.82, 2.24) is 10.2 Å². The maximum absolute atomic E-state index is 11.9. The van der Waals surface area contributed by atoms with E-state index in [1.54, 1.807) is 4.90 Å². The number of amides is 2. The number of piperidine rings is 1. The van der Waals surface area contributed by atoms with Crippen molar-refractivity contribution in [2.24, 2.45) is 5.92 Å². The highest BCUT2D eigenvalue weighted by atomic mass is 32.2. The fourth-order valence-electron chi connectivity index (χ4n) is 2.13. The van der Waals surface area contributed by atoms with Crippen molar-refractivity contribution in [3.05, 3.63) is 0 Å². The predicted molar refractivity (Wildman–Crippen MR) is 72.3 cm³/mol. The fourth-order valence-corrected chi connectivity index (χ4v) is 3.32. The summed E-state index contributed by atoms with van der Waals surface area (Å²) in [6.07, 6.45) is 2.81. The van der Waals surface area contributed by atoms with Crippen molar-refractivity contribution in [2.75, 3.05) is 25.1 Å². The van der Waals surface area contributed by atoms with Crippen molar-refractivity contribution < 1.29 is 13.2 Å². The summed E-state index contributed by atoms with van der Waals surface area (Å²) in [6, 6.07) is -0.0553. The lowest BCUT2D eigenvalue weighted by molar-refractivity contribution is 0.167. The van der Waals surface area contributed by atoms with Gasteiger partial charge in [-0.15, -0.1) is 0 Å². The molecular weight excluding hydrogens is 252 g/mol. The molecule has 1 aliphatic heterocycles. The van der Waals surface area contributed by atoms with Gasteiger partial charge in [0.1, 0.15) is 9.84 Å². The zero-order valence-electron chi connectivity index (χ0n) is 11.7. The fraction of sp³-hybridized carbons (Fsp3) is 0.917. The number of carbonyl (C=O) groups excluding carboxylic acids is 1. The van der Waals surface area contributed by atoms with Crippen molar-refractivity contribution in [3.63, 3.8) is 0 Å². The number of nitrogens with zero attached hydrogens (tertiary/aromatic N) is 1. The first kappa shape index (κ1) is 15.3. The molecule has 0 aliphatic carbocycles. The Balaban J connectivity index is 2.42. The molecule has 1 fully saturated rings. The van der Waals surface area contributed by atoms with Gasteiger partial charge < -0.3 is 10.2 Å². The van der Waals surface area contributed by atoms with Crippen LogP contribution in [0.5, 0.6) is 0 Å². The van der Waals surface area contributed by atoms with Gasteiger partial charge in [-0.25, -0.2) is 13.2 Å². The second kappa shape index (κ2) is 5.47. The van der Waals surface area contributed by atoms with Crippen molar-refractivity contribution in [1.29, 1.82) is 0 Å². The Morgan fingerprint density at radius 2 is 1.78 bits per heavy atom. The Morgan fingerprint density at radius 3 is 2.17 bits per heavy atom. The van der Waals surface area contributed by atoms with Gasteiger partial charge in [0, 0.05) is 24.9 Å². The zero-order chi connectivity index (χ0) is 14.0. The second-order valence-electron chi connectivity index (χ2n) is 6.20. The van der Waals surface area contributed by atoms with Crippen LogP contribution in [-0.4, -0.2) is 50.0 Å². The third-order valence-electron chi connectivity index (χ3n) is 2.92. The van der Waals surface area contributed by atoms with E-state index in [1.165, 1.54) is 6.26 Å². The number of nitrogens with one attached hydrogen (secondary N) is 1. The Labute approximate surface area is 110 Å². The molecule has 1 N–H and O–H groups in total. The summed E-state index contributed by atoms with van der Waals surface area (Å²) in [6.45, 7) is 7.12. The number of hydrogen-bond donors (Lipinski definition) is 1. The first-order valence-corrected chi connectivity index (χ1v) is 8.38. The molecule has 0 unspecified atom stereocenters. The topological polar surface area (TPSA) is 66.5 Å². The standard InChI is InChI=1S/C12H24N2O3S/c1-12(2,3)13-11(15)14-7-5-10(6-8-14)9-18(4,16)17/h10H,5-9H2,1-4H3,(H,13,15). The van der Waals surface area contributed by atoms with Crippen LogP contribution in [0, 0.1) is 5.92 Å². The number of sulfone groups is 1. The van der Waals surface area contributed by atoms with Crippen LogP contribution in [0.15, 0.2) is 0 Å². The SMILES string of the molecule is CC(C)(C)NC(=O)N1CCC(CS(C)(=O)=O)CC1. The lowest BCUT2D eigenvalue weighted by atomic mass is 9.99. The monoisotopic (exact) mass is 276 g/mol. The van der Waals surface area contributed by atoms with Gasteiger partial charge in [0.2, 0.25) is 0 Å². The number of rotatable bonds is 2. The molecule has 1 rings (SSSR count). The Kier molecular flexibility index (Phi) is 4.64. The average Bonchev–Trinajstić information content (AvgIpc) is 2.13. The molecule has 2 amide bonds. The molecule has 0 radical (unpaired) electrons. The van der Waals surface area contributed by atoms with E-state index in [9.17, 15) is 13.2 Å². The molecule has 1 aliphatic rings. The van der Waals surface area contributed by atoms with E-state index in [2.05, 4.69) is 5.32 Å². The van der Waals surface area contributed by atoms with Crippen LogP contribution in [0.25, 0.3) is 0 Å². The van der Waals surface area contributed by atoms with Crippen LogP contribution >= 0.6 is 0 Å². The first-order chi connectivity index (χ1) is 8.07. The molecule has 6 heteroatoms. The number of hydrogen-bond acceptors (Lipinski definition) is 3. The smallest absolute Gasteiger partial charge is 0.317 e. The molecular formula is C12H24N2O3S. The predicted octanol–water partition coefficient (Wildman–Crippen LogP) is 1.25. The van der Waals surface area contributed by atoms with Crippen molar-refractivity contribution in [3.8, 4) is 0 Å². The molecule has 0 aromatic heterocycles. The summed E-state index contributed by atoms with van der Waals surface area (Å²) in [5.41, 5.74) is -0.235. The summed E-state index contributed by atoms with van der Waals surface area (Å²) in [5.74, 6) is 0.431. The van der Waals surface area contributed by atoms with Crippen LogP contribution in [0.4, 0.5) is 4.79 Å². The van der Waals surface area contributed by atoms with E-state index in [1.807, 2.05) is 20.8 Å². The third kappa shape index (κ3) is 5.71. The highest BCUT2D eigenvalue weighted by Gasteiger charge is 2.26. The summed E-state index contributed by atoms with van der Waals surface area (Å²) in [5, 5.41) is 2.92. The molecule has 1 saturated heterocycles. The molecule has 0 bridgehead atoms. The van der Waals surface area contributed by atoms with E-state index >= 15 is 0 Å². The van der Waals surface area contributed by atoms with E-state index < -0.39 is 9.84 Å². The molecule has 106 valence electrons. The highest BCUT2D eigenvalue weighted by molar-refractivity contribution is 7.90. The highest BCUT2D eigenvalue weighted by Crippen LogP contribution is 2.19. The minimum Gasteiger partial charge on any atom is -0.333 e. The molecule has 0 atom stereocenters. The summed E-state index contributed by atoms with van der Waals surface area (Å²) >= 11 is 0. The van der Waals surface area contributed by atoms with Crippen LogP contribution in [0.2, 0.25) is 0 Å². The van der Waals surface area contributed by atoms with E-state index in [0.717, 1.165) is 12.8 Å². The van der Waals surface area contributed by atoms with Crippen molar-refractivity contribution in [2.45, 2.75) is 39.2 Å². The van der Waals surface area contributed by atoms with Gasteiger partial charge in [0.15, 0.2) is 0 Å². The molecule has 18 heavy (non-hydrogen) atoms. The van der Waals surface area contributed by atoms with Gasteiger partial charge >= 0.3 is 6.03 Å². The Hall–Kier alpha value is -0.780. The molecule has 0 aromatic rings. The molecule has 1 heterocycles. The van der Waals surface area contributed by atoms with Crippen LogP contribution in [0.3, 0.4) is 0 Å². The summed E-state index contributed by atoms with van der Waals surface area (Å²) < 4.78 is 22.4. The average molecular weight is 276 g/mol. The van der Waals surface area contributed by atoms with Gasteiger partial charge in [-0.2, -0.15) is 0 Å². The maximum Gasteiger partial charge on any atom is 0.317 e. The summed E-state index contributed by atoms with van der Waals surface area (Å²) in [4.78, 5) is 13.7. The van der Waals surface area contributed by atoms with Crippen LogP contribution < -0.4 is 5.32 Å². The second-order valence-corrected chi connectivity index (χ2v) is 8.39. The minimum atomic E-state index is -2.91. The number of likely N-dealkylation sites (tertiary alicyclic amines) is 1. The Morgan fingerprint density at radius 1 is 1.28 bits per heavy atom. The van der Waals surface area contributed by atoms with Gasteiger partial charge in [-0.3, -0.25) is 0 Å². The van der Waals surface area contributed by atoms with Gasteiger partial charge in [-0.05, 0) is 39.5 Å². The van der Waals surface area contributed by atoms with Gasteiger partial charge in [0.05, 0.1) is 5.75 Å². The largest absolute Gasteiger partial charge is 0.333 e. The van der Waals surface area contributed by atoms with Gasteiger partial charge in [0.25, 0.3) is 0 Å². The molecule has 0 aromatic carbocycles. The first-order valence-electron chi connectivity index (χ1n) is 6.32. The van der Waals surface area contributed by atoms with Crippen LogP contribution in [0.1, 0.15) is 33.6 Å². The van der Waals surface area contributed by atoms with Crippen molar-refractivity contribution >= 4 is 15.9 Å². The lowest BCUT2D eigenvalue weighted by Crippen LogP contribution is -2.51. The number of carbonyl (C=O) groups is 1. The minimum absolute atomic E-state index is 0.0553. The zero-order valence-corrected chi connectivity index (χ0v) is 12.5.